The van der Waals surface area contributed by atoms with Crippen LogP contribution in [0.25, 0.3) is 0 Å². The summed E-state index contributed by atoms with van der Waals surface area (Å²) in [5.41, 5.74) is 1.15. The fourth-order valence-corrected chi connectivity index (χ4v) is 2.95. The predicted molar refractivity (Wildman–Crippen MR) is 118 cm³/mol. The molecular formula is C20H14Cl2FN3O2S. The van der Waals surface area contributed by atoms with Crippen molar-refractivity contribution in [2.45, 2.75) is 0 Å². The van der Waals surface area contributed by atoms with Gasteiger partial charge in [-0.1, -0.05) is 54.2 Å². The number of nitrogens with zero attached hydrogens (tertiary/aromatic N) is 1. The lowest BCUT2D eigenvalue weighted by Gasteiger charge is -2.18. The molecule has 9 heteroatoms. The first-order valence-electron chi connectivity index (χ1n) is 8.27. The molecule has 3 rings (SSSR count). The van der Waals surface area contributed by atoms with Gasteiger partial charge in [-0.25, -0.2) is 13.5 Å². The summed E-state index contributed by atoms with van der Waals surface area (Å²) in [6.07, 6.45) is 0. The zero-order valence-corrected chi connectivity index (χ0v) is 17.1. The van der Waals surface area contributed by atoms with E-state index in [9.17, 15) is 14.0 Å². The highest BCUT2D eigenvalue weighted by Crippen LogP contribution is 2.30. The second-order valence-corrected chi connectivity index (χ2v) is 7.01. The van der Waals surface area contributed by atoms with Gasteiger partial charge in [0, 0.05) is 5.69 Å². The molecule has 0 unspecified atom stereocenters. The maximum absolute atomic E-state index is 13.7. The smallest absolute Gasteiger partial charge is 0.322 e. The molecule has 0 aliphatic carbocycles. The fraction of sp³-hybridized carbons (Fsp3) is 0. The second-order valence-electron chi connectivity index (χ2n) is 5.82. The molecule has 148 valence electrons. The van der Waals surface area contributed by atoms with Crippen LogP contribution in [0, 0.1) is 5.82 Å². The standard InChI is InChI=1S/C20H14Cl2FN3O2S/c21-15-5-3-7-17(18(15)22)25-20(28)26(29)13-10-8-12(9-11-13)24-19(27)14-4-1-2-6-16(14)23/h1-11,29H,(H,24,27)(H,25,28). The average molecular weight is 450 g/mol. The summed E-state index contributed by atoms with van der Waals surface area (Å²) >= 11 is 16.2. The van der Waals surface area contributed by atoms with Gasteiger partial charge in [0.1, 0.15) is 5.82 Å². The summed E-state index contributed by atoms with van der Waals surface area (Å²) in [6, 6.07) is 16.3. The number of rotatable bonds is 4. The van der Waals surface area contributed by atoms with E-state index in [0.717, 1.165) is 4.31 Å². The van der Waals surface area contributed by atoms with E-state index >= 15 is 0 Å². The SMILES string of the molecule is O=C(Nc1ccc(N(S)C(=O)Nc2cccc(Cl)c2Cl)cc1)c1ccccc1F. The highest BCUT2D eigenvalue weighted by atomic mass is 35.5. The average Bonchev–Trinajstić information content (AvgIpc) is 2.71. The van der Waals surface area contributed by atoms with Crippen LogP contribution in [-0.4, -0.2) is 11.9 Å². The van der Waals surface area contributed by atoms with Crippen molar-refractivity contribution in [1.29, 1.82) is 0 Å². The highest BCUT2D eigenvalue weighted by molar-refractivity contribution is 7.82. The van der Waals surface area contributed by atoms with Crippen molar-refractivity contribution in [3.63, 3.8) is 0 Å². The van der Waals surface area contributed by atoms with Crippen LogP contribution in [0.2, 0.25) is 10.0 Å². The molecule has 0 saturated heterocycles. The van der Waals surface area contributed by atoms with Crippen LogP contribution < -0.4 is 14.9 Å². The van der Waals surface area contributed by atoms with Crippen molar-refractivity contribution in [3.05, 3.63) is 88.2 Å². The molecule has 3 aromatic carbocycles. The monoisotopic (exact) mass is 449 g/mol. The topological polar surface area (TPSA) is 61.4 Å². The maximum Gasteiger partial charge on any atom is 0.336 e. The lowest BCUT2D eigenvalue weighted by atomic mass is 10.2. The van der Waals surface area contributed by atoms with Gasteiger partial charge in [0.15, 0.2) is 0 Å². The zero-order valence-electron chi connectivity index (χ0n) is 14.7. The van der Waals surface area contributed by atoms with Gasteiger partial charge in [0.05, 0.1) is 27.0 Å². The number of carbonyl (C=O) groups is 2. The maximum atomic E-state index is 13.7. The van der Waals surface area contributed by atoms with Crippen LogP contribution in [-0.2, 0) is 0 Å². The molecule has 0 aliphatic heterocycles. The van der Waals surface area contributed by atoms with Gasteiger partial charge in [0.25, 0.3) is 5.91 Å². The Balaban J connectivity index is 1.67. The van der Waals surface area contributed by atoms with Crippen LogP contribution in [0.4, 0.5) is 26.2 Å². The van der Waals surface area contributed by atoms with Gasteiger partial charge >= 0.3 is 6.03 Å². The molecular weight excluding hydrogens is 436 g/mol. The predicted octanol–water partition coefficient (Wildman–Crippen LogP) is 6.27. The molecule has 5 nitrogen and oxygen atoms in total. The van der Waals surface area contributed by atoms with Gasteiger partial charge in [-0.3, -0.25) is 4.79 Å². The minimum absolute atomic E-state index is 0.0647. The van der Waals surface area contributed by atoms with Crippen LogP contribution >= 0.6 is 36.0 Å². The molecule has 29 heavy (non-hydrogen) atoms. The van der Waals surface area contributed by atoms with Gasteiger partial charge in [-0.15, -0.1) is 0 Å². The van der Waals surface area contributed by atoms with E-state index < -0.39 is 17.8 Å². The Kier molecular flexibility index (Phi) is 6.64. The number of anilines is 3. The van der Waals surface area contributed by atoms with E-state index in [4.69, 9.17) is 23.2 Å². The molecule has 3 amide bonds. The van der Waals surface area contributed by atoms with Crippen molar-refractivity contribution in [3.8, 4) is 0 Å². The Morgan fingerprint density at radius 1 is 0.897 bits per heavy atom. The molecule has 0 spiro atoms. The van der Waals surface area contributed by atoms with E-state index in [1.54, 1.807) is 48.5 Å². The number of urea groups is 1. The van der Waals surface area contributed by atoms with Gasteiger partial charge < -0.3 is 10.6 Å². The quantitative estimate of drug-likeness (QED) is 0.411. The van der Waals surface area contributed by atoms with E-state index in [1.165, 1.54) is 18.2 Å². The molecule has 2 N–H and O–H groups in total. The molecule has 3 aromatic rings. The molecule has 0 fully saturated rings. The summed E-state index contributed by atoms with van der Waals surface area (Å²) in [5.74, 6) is -1.19. The van der Waals surface area contributed by atoms with Crippen molar-refractivity contribution in [2.24, 2.45) is 0 Å². The summed E-state index contributed by atoms with van der Waals surface area (Å²) in [5, 5.41) is 5.73. The lowest BCUT2D eigenvalue weighted by molar-refractivity contribution is 0.102. The van der Waals surface area contributed by atoms with E-state index in [1.807, 2.05) is 0 Å². The lowest BCUT2D eigenvalue weighted by Crippen LogP contribution is -2.26. The van der Waals surface area contributed by atoms with Gasteiger partial charge in [-0.05, 0) is 48.5 Å². The molecule has 0 bridgehead atoms. The minimum Gasteiger partial charge on any atom is -0.322 e. The number of hydrogen-bond donors (Lipinski definition) is 3. The summed E-state index contributed by atoms with van der Waals surface area (Å²) in [7, 11) is 0. The fourth-order valence-electron chi connectivity index (χ4n) is 2.42. The molecule has 0 radical (unpaired) electrons. The third-order valence-electron chi connectivity index (χ3n) is 3.87. The normalized spacial score (nSPS) is 10.3. The Morgan fingerprint density at radius 2 is 1.59 bits per heavy atom. The molecule has 0 aromatic heterocycles. The molecule has 0 heterocycles. The molecule has 0 aliphatic rings. The van der Waals surface area contributed by atoms with E-state index in [2.05, 4.69) is 23.4 Å². The van der Waals surface area contributed by atoms with Crippen molar-refractivity contribution in [1.82, 2.24) is 0 Å². The third-order valence-corrected chi connectivity index (χ3v) is 5.11. The molecule has 0 saturated carbocycles. The Hall–Kier alpha value is -2.74. The number of carbonyl (C=O) groups excluding carboxylic acids is 2. The van der Waals surface area contributed by atoms with Crippen molar-refractivity contribution < 1.29 is 14.0 Å². The Labute approximate surface area is 182 Å². The van der Waals surface area contributed by atoms with Crippen LogP contribution in [0.3, 0.4) is 0 Å². The number of amides is 3. The highest BCUT2D eigenvalue weighted by Gasteiger charge is 2.15. The van der Waals surface area contributed by atoms with E-state index in [-0.39, 0.29) is 10.6 Å². The largest absolute Gasteiger partial charge is 0.336 e. The van der Waals surface area contributed by atoms with Crippen molar-refractivity contribution in [2.75, 3.05) is 14.9 Å². The number of thiol groups is 1. The third kappa shape index (κ3) is 5.00. The summed E-state index contributed by atoms with van der Waals surface area (Å²) < 4.78 is 14.8. The number of halogens is 3. The minimum atomic E-state index is -0.612. The van der Waals surface area contributed by atoms with E-state index in [0.29, 0.717) is 22.1 Å². The summed E-state index contributed by atoms with van der Waals surface area (Å²) in [6.45, 7) is 0. The summed E-state index contributed by atoms with van der Waals surface area (Å²) in [4.78, 5) is 24.5. The van der Waals surface area contributed by atoms with Crippen LogP contribution in [0.15, 0.2) is 66.7 Å². The zero-order chi connectivity index (χ0) is 21.0. The number of benzene rings is 3. The first-order valence-corrected chi connectivity index (χ1v) is 9.42. The first-order chi connectivity index (χ1) is 13.9. The van der Waals surface area contributed by atoms with Gasteiger partial charge in [0.2, 0.25) is 0 Å². The number of nitrogens with one attached hydrogen (secondary N) is 2. The number of hydrogen-bond acceptors (Lipinski definition) is 3. The van der Waals surface area contributed by atoms with Gasteiger partial charge in [-0.2, -0.15) is 0 Å². The second kappa shape index (κ2) is 9.17. The van der Waals surface area contributed by atoms with Crippen LogP contribution in [0.1, 0.15) is 10.4 Å². The first kappa shape index (κ1) is 21.0. The Bertz CT molecular complexity index is 1060. The molecule has 0 atom stereocenters. The Morgan fingerprint density at radius 3 is 2.28 bits per heavy atom. The van der Waals surface area contributed by atoms with Crippen molar-refractivity contribution >= 4 is 65.0 Å². The van der Waals surface area contributed by atoms with Crippen LogP contribution in [0.5, 0.6) is 0 Å².